The van der Waals surface area contributed by atoms with Crippen LogP contribution >= 0.6 is 11.3 Å². The summed E-state index contributed by atoms with van der Waals surface area (Å²) < 4.78 is 5.62. The lowest BCUT2D eigenvalue weighted by molar-refractivity contribution is 0.0505. The summed E-state index contributed by atoms with van der Waals surface area (Å²) in [5.74, 6) is 0.771. The number of aliphatic hydroxyl groups excluding tert-OH is 1. The second-order valence-electron chi connectivity index (χ2n) is 4.37. The number of aliphatic hydroxyl groups is 1. The first-order chi connectivity index (χ1) is 8.74. The van der Waals surface area contributed by atoms with E-state index in [0.29, 0.717) is 24.3 Å². The quantitative estimate of drug-likeness (QED) is 0.871. The maximum atomic E-state index is 10.3. The van der Waals surface area contributed by atoms with Gasteiger partial charge in [-0.15, -0.1) is 11.3 Å². The average molecular weight is 263 g/mol. The number of rotatable bonds is 2. The summed E-state index contributed by atoms with van der Waals surface area (Å²) in [5, 5.41) is 22.7. The molecule has 2 unspecified atom stereocenters. The first-order valence-corrected chi connectivity index (χ1v) is 6.64. The van der Waals surface area contributed by atoms with E-state index < -0.39 is 6.10 Å². The topological polar surface area (TPSA) is 62.6 Å². The van der Waals surface area contributed by atoms with E-state index in [4.69, 9.17) is 4.74 Å². The Labute approximate surface area is 109 Å². The Hall–Kier alpha value is -1.59. The van der Waals surface area contributed by atoms with E-state index >= 15 is 0 Å². The Bertz CT molecular complexity index is 541. The Morgan fingerprint density at radius 2 is 2.33 bits per heavy atom. The number of ether oxygens (including phenoxy) is 1. The van der Waals surface area contributed by atoms with Crippen LogP contribution in [0.2, 0.25) is 0 Å². The number of nitrogens with zero attached hydrogens (tertiary/aromatic N) is 1. The Morgan fingerprint density at radius 1 is 1.44 bits per heavy atom. The summed E-state index contributed by atoms with van der Waals surface area (Å²) in [6, 6.07) is 4.81. The summed E-state index contributed by atoms with van der Waals surface area (Å²) in [6.45, 7) is 0.471. The summed E-state index contributed by atoms with van der Waals surface area (Å²) in [4.78, 5) is 4.22. The smallest absolute Gasteiger partial charge is 0.125 e. The van der Waals surface area contributed by atoms with Crippen LogP contribution < -0.4 is 4.74 Å². The van der Waals surface area contributed by atoms with Crippen molar-refractivity contribution in [3.8, 4) is 11.5 Å². The molecule has 1 aromatic heterocycles. The first-order valence-electron chi connectivity index (χ1n) is 5.76. The molecule has 4 nitrogen and oxygen atoms in total. The number of aromatic nitrogens is 1. The van der Waals surface area contributed by atoms with E-state index in [2.05, 4.69) is 4.98 Å². The van der Waals surface area contributed by atoms with Crippen LogP contribution in [0.4, 0.5) is 0 Å². The zero-order valence-electron chi connectivity index (χ0n) is 9.61. The van der Waals surface area contributed by atoms with E-state index in [1.165, 1.54) is 0 Å². The summed E-state index contributed by atoms with van der Waals surface area (Å²) >= 11 is 1.58. The van der Waals surface area contributed by atoms with Gasteiger partial charge in [-0.05, 0) is 18.2 Å². The van der Waals surface area contributed by atoms with Crippen molar-refractivity contribution in [2.45, 2.75) is 12.5 Å². The number of hydrogen-bond acceptors (Lipinski definition) is 5. The molecule has 18 heavy (non-hydrogen) atoms. The fraction of sp³-hybridized carbons (Fsp3) is 0.308. The van der Waals surface area contributed by atoms with Crippen molar-refractivity contribution >= 4 is 11.3 Å². The molecule has 0 amide bonds. The van der Waals surface area contributed by atoms with Crippen molar-refractivity contribution in [2.75, 3.05) is 6.61 Å². The Kier molecular flexibility index (Phi) is 2.93. The van der Waals surface area contributed by atoms with Gasteiger partial charge in [0.2, 0.25) is 0 Å². The van der Waals surface area contributed by atoms with E-state index in [1.54, 1.807) is 35.7 Å². The number of phenols is 1. The highest BCUT2D eigenvalue weighted by molar-refractivity contribution is 7.09. The molecular formula is C13H13NO3S. The molecule has 5 heteroatoms. The third kappa shape index (κ3) is 2.07. The molecule has 0 spiro atoms. The molecule has 2 N–H and O–H groups in total. The van der Waals surface area contributed by atoms with E-state index in [1.807, 2.05) is 5.38 Å². The normalized spacial score (nSPS) is 22.3. The molecule has 0 saturated carbocycles. The third-order valence-corrected chi connectivity index (χ3v) is 3.93. The van der Waals surface area contributed by atoms with Crippen molar-refractivity contribution < 1.29 is 14.9 Å². The lowest BCUT2D eigenvalue weighted by Gasteiger charge is -2.29. The monoisotopic (exact) mass is 263 g/mol. The van der Waals surface area contributed by atoms with Crippen LogP contribution in [0.5, 0.6) is 11.5 Å². The molecule has 0 fully saturated rings. The second kappa shape index (κ2) is 4.59. The van der Waals surface area contributed by atoms with Crippen LogP contribution in [0, 0.1) is 5.92 Å². The van der Waals surface area contributed by atoms with Crippen LogP contribution in [-0.4, -0.2) is 21.8 Å². The van der Waals surface area contributed by atoms with Gasteiger partial charge in [-0.2, -0.15) is 0 Å². The van der Waals surface area contributed by atoms with Crippen LogP contribution in [0.15, 0.2) is 29.8 Å². The van der Waals surface area contributed by atoms with E-state index in [9.17, 15) is 10.2 Å². The molecular weight excluding hydrogens is 250 g/mol. The van der Waals surface area contributed by atoms with Gasteiger partial charge in [0.05, 0.1) is 17.7 Å². The third-order valence-electron chi connectivity index (χ3n) is 3.13. The molecule has 2 atom stereocenters. The summed E-state index contributed by atoms with van der Waals surface area (Å²) in [7, 11) is 0. The van der Waals surface area contributed by atoms with E-state index in [-0.39, 0.29) is 11.7 Å². The number of hydrogen-bond donors (Lipinski definition) is 2. The zero-order chi connectivity index (χ0) is 12.5. The van der Waals surface area contributed by atoms with Crippen molar-refractivity contribution in [3.05, 3.63) is 40.3 Å². The second-order valence-corrected chi connectivity index (χ2v) is 5.35. The minimum Gasteiger partial charge on any atom is -0.508 e. The van der Waals surface area contributed by atoms with Gasteiger partial charge < -0.3 is 14.9 Å². The van der Waals surface area contributed by atoms with Crippen molar-refractivity contribution in [3.63, 3.8) is 0 Å². The molecule has 0 saturated heterocycles. The minimum absolute atomic E-state index is 0.0227. The molecule has 1 aliphatic rings. The van der Waals surface area contributed by atoms with E-state index in [0.717, 1.165) is 5.01 Å². The number of phenolic OH excluding ortho intramolecular Hbond substituents is 1. The van der Waals surface area contributed by atoms with Gasteiger partial charge in [-0.1, -0.05) is 0 Å². The maximum Gasteiger partial charge on any atom is 0.125 e. The van der Waals surface area contributed by atoms with Crippen LogP contribution in [-0.2, 0) is 6.42 Å². The fourth-order valence-electron chi connectivity index (χ4n) is 2.19. The zero-order valence-corrected chi connectivity index (χ0v) is 10.4. The lowest BCUT2D eigenvalue weighted by atomic mass is 9.91. The van der Waals surface area contributed by atoms with Gasteiger partial charge in [0.15, 0.2) is 0 Å². The van der Waals surface area contributed by atoms with Gasteiger partial charge >= 0.3 is 0 Å². The van der Waals surface area contributed by atoms with Crippen molar-refractivity contribution in [1.82, 2.24) is 4.98 Å². The molecule has 2 aromatic rings. The molecule has 0 bridgehead atoms. The summed E-state index contributed by atoms with van der Waals surface area (Å²) in [5.41, 5.74) is 0.655. The first kappa shape index (κ1) is 11.5. The van der Waals surface area contributed by atoms with Gasteiger partial charge in [0.1, 0.15) is 11.5 Å². The van der Waals surface area contributed by atoms with Gasteiger partial charge in [-0.25, -0.2) is 4.98 Å². The standard InChI is InChI=1S/C13H13NO3S/c15-9-1-2-11-10(6-9)13(16)8(7-17-11)5-12-14-3-4-18-12/h1-4,6,8,13,15-16H,5,7H2. The molecule has 1 aromatic carbocycles. The number of thiazole rings is 1. The fourth-order valence-corrected chi connectivity index (χ4v) is 2.90. The minimum atomic E-state index is -0.621. The molecule has 1 aliphatic heterocycles. The van der Waals surface area contributed by atoms with Gasteiger partial charge in [-0.3, -0.25) is 0 Å². The van der Waals surface area contributed by atoms with Crippen molar-refractivity contribution in [1.29, 1.82) is 0 Å². The highest BCUT2D eigenvalue weighted by Gasteiger charge is 2.30. The van der Waals surface area contributed by atoms with Crippen molar-refractivity contribution in [2.24, 2.45) is 5.92 Å². The Morgan fingerprint density at radius 3 is 3.11 bits per heavy atom. The van der Waals surface area contributed by atoms with Crippen LogP contribution in [0.25, 0.3) is 0 Å². The number of benzene rings is 1. The van der Waals surface area contributed by atoms with Crippen LogP contribution in [0.3, 0.4) is 0 Å². The highest BCUT2D eigenvalue weighted by Crippen LogP contribution is 2.38. The average Bonchev–Trinajstić information content (AvgIpc) is 2.86. The number of fused-ring (bicyclic) bond motifs is 1. The maximum absolute atomic E-state index is 10.3. The SMILES string of the molecule is Oc1ccc2c(c1)C(O)C(Cc1nccs1)CO2. The largest absolute Gasteiger partial charge is 0.508 e. The summed E-state index contributed by atoms with van der Waals surface area (Å²) in [6.07, 6.45) is 1.83. The number of aromatic hydroxyl groups is 1. The molecule has 0 radical (unpaired) electrons. The predicted octanol–water partition coefficient (Wildman–Crippen LogP) is 2.13. The van der Waals surface area contributed by atoms with Gasteiger partial charge in [0, 0.05) is 29.5 Å². The Balaban J connectivity index is 1.84. The molecule has 2 heterocycles. The highest BCUT2D eigenvalue weighted by atomic mass is 32.1. The molecule has 94 valence electrons. The predicted molar refractivity (Wildman–Crippen MR) is 67.9 cm³/mol. The lowest BCUT2D eigenvalue weighted by Crippen LogP contribution is -2.27. The molecule has 0 aliphatic carbocycles. The van der Waals surface area contributed by atoms with Crippen LogP contribution in [0.1, 0.15) is 16.7 Å². The molecule has 3 rings (SSSR count). The van der Waals surface area contributed by atoms with Gasteiger partial charge in [0.25, 0.3) is 0 Å².